The van der Waals surface area contributed by atoms with Gasteiger partial charge in [-0.25, -0.2) is 0 Å². The van der Waals surface area contributed by atoms with E-state index in [-0.39, 0.29) is 12.5 Å². The average molecular weight is 343 g/mol. The second-order valence-corrected chi connectivity index (χ2v) is 5.91. The van der Waals surface area contributed by atoms with Gasteiger partial charge in [-0.1, -0.05) is 15.9 Å². The first-order valence-electron chi connectivity index (χ1n) is 6.88. The van der Waals surface area contributed by atoms with Gasteiger partial charge in [-0.15, -0.1) is 0 Å². The summed E-state index contributed by atoms with van der Waals surface area (Å²) in [7, 11) is 2.01. The van der Waals surface area contributed by atoms with E-state index < -0.39 is 0 Å². The second-order valence-electron chi connectivity index (χ2n) is 4.99. The molecule has 1 rings (SSSR count). The molecule has 4 nitrogen and oxygen atoms in total. The number of amides is 1. The van der Waals surface area contributed by atoms with E-state index >= 15 is 0 Å². The highest BCUT2D eigenvalue weighted by molar-refractivity contribution is 9.10. The van der Waals surface area contributed by atoms with Crippen molar-refractivity contribution in [1.82, 2.24) is 4.90 Å². The normalized spacial score (nSPS) is 10.8. The summed E-state index contributed by atoms with van der Waals surface area (Å²) in [6, 6.07) is 5.81. The summed E-state index contributed by atoms with van der Waals surface area (Å²) < 4.78 is 1.01. The summed E-state index contributed by atoms with van der Waals surface area (Å²) in [5.41, 5.74) is 1.92. The van der Waals surface area contributed by atoms with E-state index in [0.29, 0.717) is 6.42 Å². The summed E-state index contributed by atoms with van der Waals surface area (Å²) >= 11 is 3.40. The number of nitrogens with one attached hydrogen (secondary N) is 1. The lowest BCUT2D eigenvalue weighted by Gasteiger charge is -2.15. The highest BCUT2D eigenvalue weighted by Gasteiger charge is 2.06. The maximum absolute atomic E-state index is 11.9. The molecule has 0 fully saturated rings. The van der Waals surface area contributed by atoms with Crippen LogP contribution < -0.4 is 5.32 Å². The fourth-order valence-corrected chi connectivity index (χ4v) is 2.42. The molecule has 1 amide bonds. The lowest BCUT2D eigenvalue weighted by atomic mass is 10.2. The molecule has 0 saturated carbocycles. The van der Waals surface area contributed by atoms with Crippen LogP contribution in [0.2, 0.25) is 0 Å². The van der Waals surface area contributed by atoms with E-state index in [4.69, 9.17) is 5.11 Å². The molecular weight excluding hydrogens is 320 g/mol. The minimum absolute atomic E-state index is 0.0472. The SMILES string of the molecule is Cc1cc(Br)ccc1NC(=O)CCCN(C)CCCO. The minimum Gasteiger partial charge on any atom is -0.396 e. The zero-order valence-electron chi connectivity index (χ0n) is 12.2. The monoisotopic (exact) mass is 342 g/mol. The molecule has 0 heterocycles. The van der Waals surface area contributed by atoms with Crippen LogP contribution in [0.3, 0.4) is 0 Å². The first-order valence-corrected chi connectivity index (χ1v) is 7.67. The van der Waals surface area contributed by atoms with Crippen molar-refractivity contribution in [3.05, 3.63) is 28.2 Å². The van der Waals surface area contributed by atoms with Gasteiger partial charge in [0, 0.05) is 29.7 Å². The highest BCUT2D eigenvalue weighted by atomic mass is 79.9. The zero-order chi connectivity index (χ0) is 15.0. The molecule has 1 aromatic carbocycles. The lowest BCUT2D eigenvalue weighted by molar-refractivity contribution is -0.116. The Morgan fingerprint density at radius 3 is 2.70 bits per heavy atom. The van der Waals surface area contributed by atoms with E-state index in [1.54, 1.807) is 0 Å². The maximum atomic E-state index is 11.9. The van der Waals surface area contributed by atoms with Gasteiger partial charge in [0.25, 0.3) is 0 Å². The van der Waals surface area contributed by atoms with Gasteiger partial charge >= 0.3 is 0 Å². The molecule has 0 bridgehead atoms. The quantitative estimate of drug-likeness (QED) is 0.763. The molecule has 0 aliphatic rings. The number of benzene rings is 1. The Morgan fingerprint density at radius 2 is 2.05 bits per heavy atom. The molecule has 0 unspecified atom stereocenters. The minimum atomic E-state index is 0.0472. The Hall–Kier alpha value is -0.910. The van der Waals surface area contributed by atoms with Crippen LogP contribution in [0.5, 0.6) is 0 Å². The number of anilines is 1. The third-order valence-corrected chi connectivity index (χ3v) is 3.60. The summed E-state index contributed by atoms with van der Waals surface area (Å²) in [6.07, 6.45) is 2.11. The zero-order valence-corrected chi connectivity index (χ0v) is 13.7. The molecule has 112 valence electrons. The maximum Gasteiger partial charge on any atom is 0.224 e. The van der Waals surface area contributed by atoms with Crippen LogP contribution >= 0.6 is 15.9 Å². The van der Waals surface area contributed by atoms with Crippen LogP contribution in [-0.4, -0.2) is 42.7 Å². The van der Waals surface area contributed by atoms with Gasteiger partial charge in [0.2, 0.25) is 5.91 Å². The molecule has 0 atom stereocenters. The molecule has 0 aromatic heterocycles. The van der Waals surface area contributed by atoms with Crippen molar-refractivity contribution in [3.63, 3.8) is 0 Å². The van der Waals surface area contributed by atoms with Crippen LogP contribution in [0, 0.1) is 6.92 Å². The van der Waals surface area contributed by atoms with E-state index in [0.717, 1.165) is 41.7 Å². The largest absolute Gasteiger partial charge is 0.396 e. The molecule has 0 spiro atoms. The first kappa shape index (κ1) is 17.1. The fourth-order valence-electron chi connectivity index (χ4n) is 1.94. The van der Waals surface area contributed by atoms with Gasteiger partial charge in [-0.05, 0) is 57.1 Å². The molecule has 0 saturated heterocycles. The van der Waals surface area contributed by atoms with Crippen LogP contribution in [0.1, 0.15) is 24.8 Å². The van der Waals surface area contributed by atoms with E-state index in [1.807, 2.05) is 32.2 Å². The third-order valence-electron chi connectivity index (χ3n) is 3.10. The van der Waals surface area contributed by atoms with Crippen LogP contribution in [0.15, 0.2) is 22.7 Å². The molecule has 0 aliphatic carbocycles. The standard InChI is InChI=1S/C15H23BrN2O2/c1-12-11-13(16)6-7-14(12)17-15(20)5-3-8-18(2)9-4-10-19/h6-7,11,19H,3-5,8-10H2,1-2H3,(H,17,20). The van der Waals surface area contributed by atoms with Gasteiger partial charge in [0.15, 0.2) is 0 Å². The molecule has 0 radical (unpaired) electrons. The topological polar surface area (TPSA) is 52.6 Å². The Bertz CT molecular complexity index is 438. The van der Waals surface area contributed by atoms with Crippen molar-refractivity contribution in [2.75, 3.05) is 32.1 Å². The summed E-state index contributed by atoms with van der Waals surface area (Å²) in [5, 5.41) is 11.7. The predicted octanol–water partition coefficient (Wildman–Crippen LogP) is 2.79. The van der Waals surface area contributed by atoms with Crippen LogP contribution in [0.25, 0.3) is 0 Å². The number of aliphatic hydroxyl groups is 1. The van der Waals surface area contributed by atoms with Crippen molar-refractivity contribution in [3.8, 4) is 0 Å². The number of rotatable bonds is 8. The predicted molar refractivity (Wildman–Crippen MR) is 85.9 cm³/mol. The number of halogens is 1. The molecule has 20 heavy (non-hydrogen) atoms. The molecular formula is C15H23BrN2O2. The van der Waals surface area contributed by atoms with E-state index in [9.17, 15) is 4.79 Å². The summed E-state index contributed by atoms with van der Waals surface area (Å²) in [5.74, 6) is 0.0472. The van der Waals surface area contributed by atoms with Crippen molar-refractivity contribution in [2.45, 2.75) is 26.2 Å². The van der Waals surface area contributed by atoms with E-state index in [1.165, 1.54) is 0 Å². The number of carbonyl (C=O) groups is 1. The highest BCUT2D eigenvalue weighted by Crippen LogP contribution is 2.20. The molecule has 2 N–H and O–H groups in total. The number of hydrogen-bond acceptors (Lipinski definition) is 3. The average Bonchev–Trinajstić information content (AvgIpc) is 2.39. The molecule has 1 aromatic rings. The van der Waals surface area contributed by atoms with Gasteiger partial charge in [0.1, 0.15) is 0 Å². The second kappa shape index (κ2) is 9.10. The van der Waals surface area contributed by atoms with Crippen molar-refractivity contribution in [1.29, 1.82) is 0 Å². The molecule has 5 heteroatoms. The number of aryl methyl sites for hydroxylation is 1. The van der Waals surface area contributed by atoms with E-state index in [2.05, 4.69) is 26.1 Å². The van der Waals surface area contributed by atoms with Crippen LogP contribution in [-0.2, 0) is 4.79 Å². The van der Waals surface area contributed by atoms with Crippen molar-refractivity contribution in [2.24, 2.45) is 0 Å². The number of carbonyl (C=O) groups excluding carboxylic acids is 1. The first-order chi connectivity index (χ1) is 9.52. The van der Waals surface area contributed by atoms with Gasteiger partial charge < -0.3 is 15.3 Å². The molecule has 0 aliphatic heterocycles. The number of hydrogen-bond donors (Lipinski definition) is 2. The lowest BCUT2D eigenvalue weighted by Crippen LogP contribution is -2.23. The van der Waals surface area contributed by atoms with Crippen molar-refractivity contribution >= 4 is 27.5 Å². The number of aliphatic hydroxyl groups excluding tert-OH is 1. The Kier molecular flexibility index (Phi) is 7.80. The Morgan fingerprint density at radius 1 is 1.35 bits per heavy atom. The summed E-state index contributed by atoms with van der Waals surface area (Å²) in [6.45, 7) is 3.92. The van der Waals surface area contributed by atoms with Gasteiger partial charge in [-0.3, -0.25) is 4.79 Å². The van der Waals surface area contributed by atoms with Crippen LogP contribution in [0.4, 0.5) is 5.69 Å². The van der Waals surface area contributed by atoms with Gasteiger partial charge in [0.05, 0.1) is 0 Å². The number of nitrogens with zero attached hydrogens (tertiary/aromatic N) is 1. The van der Waals surface area contributed by atoms with Crippen molar-refractivity contribution < 1.29 is 9.90 Å². The Labute approximate surface area is 129 Å². The Balaban J connectivity index is 2.30. The third kappa shape index (κ3) is 6.50. The fraction of sp³-hybridized carbons (Fsp3) is 0.533. The van der Waals surface area contributed by atoms with Gasteiger partial charge in [-0.2, -0.15) is 0 Å². The summed E-state index contributed by atoms with van der Waals surface area (Å²) in [4.78, 5) is 14.0. The smallest absolute Gasteiger partial charge is 0.224 e.